The first-order valence-electron chi connectivity index (χ1n) is 9.42. The molecule has 3 aromatic rings. The second kappa shape index (κ2) is 8.39. The van der Waals surface area contributed by atoms with Crippen molar-refractivity contribution >= 4 is 34.9 Å². The molecule has 29 heavy (non-hydrogen) atoms. The minimum Gasteiger partial charge on any atom is -0.352 e. The second-order valence-corrected chi connectivity index (χ2v) is 7.84. The van der Waals surface area contributed by atoms with Crippen LogP contribution in [0.25, 0.3) is 11.3 Å². The van der Waals surface area contributed by atoms with Gasteiger partial charge in [0.1, 0.15) is 0 Å². The maximum Gasteiger partial charge on any atom is 0.255 e. The Labute approximate surface area is 179 Å². The van der Waals surface area contributed by atoms with E-state index in [1.165, 1.54) is 5.56 Å². The number of halogens is 2. The van der Waals surface area contributed by atoms with Crippen LogP contribution in [-0.2, 0) is 0 Å². The van der Waals surface area contributed by atoms with Crippen molar-refractivity contribution in [3.05, 3.63) is 75.8 Å². The van der Waals surface area contributed by atoms with Crippen molar-refractivity contribution in [2.45, 2.75) is 6.92 Å². The van der Waals surface area contributed by atoms with Crippen molar-refractivity contribution in [2.75, 3.05) is 31.1 Å². The number of amides is 1. The predicted octanol–water partition coefficient (Wildman–Crippen LogP) is 4.72. The molecule has 5 nitrogen and oxygen atoms in total. The van der Waals surface area contributed by atoms with E-state index in [2.05, 4.69) is 28.1 Å². The number of carbonyl (C=O) groups excluding carboxylic acids is 1. The first-order valence-corrected chi connectivity index (χ1v) is 10.2. The highest BCUT2D eigenvalue weighted by Crippen LogP contribution is 2.24. The summed E-state index contributed by atoms with van der Waals surface area (Å²) in [6.07, 6.45) is 0. The van der Waals surface area contributed by atoms with Crippen molar-refractivity contribution in [3.63, 3.8) is 0 Å². The maximum atomic E-state index is 12.8. The first-order chi connectivity index (χ1) is 14.0. The van der Waals surface area contributed by atoms with Crippen molar-refractivity contribution in [2.24, 2.45) is 0 Å². The third-order valence-electron chi connectivity index (χ3n) is 5.12. The summed E-state index contributed by atoms with van der Waals surface area (Å²) >= 11 is 12.2. The van der Waals surface area contributed by atoms with Gasteiger partial charge in [-0.3, -0.25) is 4.79 Å². The summed E-state index contributed by atoms with van der Waals surface area (Å²) in [5.74, 6) is 0.716. The lowest BCUT2D eigenvalue weighted by molar-refractivity contribution is 0.0746. The number of carbonyl (C=O) groups is 1. The van der Waals surface area contributed by atoms with E-state index in [4.69, 9.17) is 23.2 Å². The van der Waals surface area contributed by atoms with E-state index in [1.54, 1.807) is 23.1 Å². The molecule has 0 unspecified atom stereocenters. The van der Waals surface area contributed by atoms with Gasteiger partial charge in [0.2, 0.25) is 0 Å². The molecule has 4 rings (SSSR count). The number of benzene rings is 2. The van der Waals surface area contributed by atoms with Crippen LogP contribution in [0, 0.1) is 6.92 Å². The summed E-state index contributed by atoms with van der Waals surface area (Å²) in [4.78, 5) is 16.7. The third-order valence-corrected chi connectivity index (χ3v) is 5.69. The minimum absolute atomic E-state index is 0.0989. The zero-order valence-electron chi connectivity index (χ0n) is 16.0. The van der Waals surface area contributed by atoms with E-state index < -0.39 is 0 Å². The van der Waals surface area contributed by atoms with Crippen molar-refractivity contribution in [1.82, 2.24) is 15.1 Å². The van der Waals surface area contributed by atoms with Crippen LogP contribution in [0.15, 0.2) is 54.6 Å². The van der Waals surface area contributed by atoms with Gasteiger partial charge in [0.05, 0.1) is 16.3 Å². The van der Waals surface area contributed by atoms with E-state index >= 15 is 0 Å². The molecule has 2 aromatic carbocycles. The second-order valence-electron chi connectivity index (χ2n) is 7.00. The van der Waals surface area contributed by atoms with Gasteiger partial charge in [-0.05, 0) is 42.8 Å². The molecule has 1 aliphatic rings. The summed E-state index contributed by atoms with van der Waals surface area (Å²) in [6.45, 7) is 4.60. The zero-order chi connectivity index (χ0) is 20.4. The largest absolute Gasteiger partial charge is 0.352 e. The van der Waals surface area contributed by atoms with Crippen LogP contribution in [0.1, 0.15) is 15.9 Å². The van der Waals surface area contributed by atoms with Gasteiger partial charge in [0, 0.05) is 36.8 Å². The molecule has 1 amide bonds. The molecule has 1 fully saturated rings. The normalized spacial score (nSPS) is 14.2. The molecular formula is C22H20Cl2N4O. The highest BCUT2D eigenvalue weighted by atomic mass is 35.5. The predicted molar refractivity (Wildman–Crippen MR) is 117 cm³/mol. The molecule has 0 spiro atoms. The van der Waals surface area contributed by atoms with Gasteiger partial charge in [-0.1, -0.05) is 47.5 Å². The topological polar surface area (TPSA) is 49.3 Å². The average molecular weight is 427 g/mol. The van der Waals surface area contributed by atoms with Crippen molar-refractivity contribution in [1.29, 1.82) is 0 Å². The van der Waals surface area contributed by atoms with E-state index in [1.807, 2.05) is 30.3 Å². The highest BCUT2D eigenvalue weighted by molar-refractivity contribution is 6.35. The lowest BCUT2D eigenvalue weighted by atomic mass is 10.1. The third kappa shape index (κ3) is 4.21. The Bertz CT molecular complexity index is 1030. The van der Waals surface area contributed by atoms with E-state index in [9.17, 15) is 4.79 Å². The number of aryl methyl sites for hydroxylation is 1. The molecule has 1 saturated heterocycles. The number of anilines is 1. The quantitative estimate of drug-likeness (QED) is 0.607. The van der Waals surface area contributed by atoms with E-state index in [0.717, 1.165) is 17.1 Å². The minimum atomic E-state index is -0.0989. The molecule has 0 saturated carbocycles. The Morgan fingerprint density at radius 3 is 2.38 bits per heavy atom. The molecule has 0 bridgehead atoms. The number of rotatable bonds is 3. The molecule has 0 radical (unpaired) electrons. The van der Waals surface area contributed by atoms with E-state index in [-0.39, 0.29) is 5.91 Å². The molecular weight excluding hydrogens is 407 g/mol. The fourth-order valence-corrected chi connectivity index (χ4v) is 3.84. The SMILES string of the molecule is Cc1ccccc1-c1ccc(N2CCN(C(=O)c3cc(Cl)ccc3Cl)CC2)nn1. The van der Waals surface area contributed by atoms with Gasteiger partial charge < -0.3 is 9.80 Å². The number of hydrogen-bond donors (Lipinski definition) is 0. The molecule has 0 atom stereocenters. The number of hydrogen-bond acceptors (Lipinski definition) is 4. The lowest BCUT2D eigenvalue weighted by Crippen LogP contribution is -2.49. The molecule has 1 aliphatic heterocycles. The Morgan fingerprint density at radius 1 is 0.931 bits per heavy atom. The molecule has 148 valence electrons. The summed E-state index contributed by atoms with van der Waals surface area (Å²) in [7, 11) is 0. The summed E-state index contributed by atoms with van der Waals surface area (Å²) in [5, 5.41) is 9.73. The lowest BCUT2D eigenvalue weighted by Gasteiger charge is -2.35. The Kier molecular flexibility index (Phi) is 5.69. The van der Waals surface area contributed by atoms with Crippen LogP contribution in [0.4, 0.5) is 5.82 Å². The van der Waals surface area contributed by atoms with Crippen LogP contribution in [0.3, 0.4) is 0 Å². The fraction of sp³-hybridized carbons (Fsp3) is 0.227. The van der Waals surface area contributed by atoms with Crippen LogP contribution in [0.2, 0.25) is 10.0 Å². The van der Waals surface area contributed by atoms with Gasteiger partial charge in [-0.15, -0.1) is 10.2 Å². The van der Waals surface area contributed by atoms with Gasteiger partial charge >= 0.3 is 0 Å². The number of aromatic nitrogens is 2. The first kappa shape index (κ1) is 19.7. The smallest absolute Gasteiger partial charge is 0.255 e. The summed E-state index contributed by atoms with van der Waals surface area (Å²) in [5.41, 5.74) is 3.55. The fourth-order valence-electron chi connectivity index (χ4n) is 3.47. The van der Waals surface area contributed by atoms with Crippen LogP contribution >= 0.6 is 23.2 Å². The molecule has 0 aliphatic carbocycles. The van der Waals surface area contributed by atoms with Crippen molar-refractivity contribution < 1.29 is 4.79 Å². The number of nitrogens with zero attached hydrogens (tertiary/aromatic N) is 4. The van der Waals surface area contributed by atoms with Crippen molar-refractivity contribution in [3.8, 4) is 11.3 Å². The molecule has 0 N–H and O–H groups in total. The molecule has 2 heterocycles. The highest BCUT2D eigenvalue weighted by Gasteiger charge is 2.24. The van der Waals surface area contributed by atoms with Crippen LogP contribution in [-0.4, -0.2) is 47.2 Å². The summed E-state index contributed by atoms with van der Waals surface area (Å²) < 4.78 is 0. The monoisotopic (exact) mass is 426 g/mol. The Balaban J connectivity index is 1.43. The average Bonchev–Trinajstić information content (AvgIpc) is 2.76. The molecule has 7 heteroatoms. The van der Waals surface area contributed by atoms with Crippen LogP contribution < -0.4 is 4.90 Å². The maximum absolute atomic E-state index is 12.8. The van der Waals surface area contributed by atoms with Gasteiger partial charge in [-0.25, -0.2) is 0 Å². The Hall–Kier alpha value is -2.63. The van der Waals surface area contributed by atoms with Gasteiger partial charge in [0.15, 0.2) is 5.82 Å². The zero-order valence-corrected chi connectivity index (χ0v) is 17.5. The Morgan fingerprint density at radius 2 is 1.69 bits per heavy atom. The van der Waals surface area contributed by atoms with Crippen LogP contribution in [0.5, 0.6) is 0 Å². The standard InChI is InChI=1S/C22H20Cl2N4O/c1-15-4-2-3-5-17(15)20-8-9-21(26-25-20)27-10-12-28(13-11-27)22(29)18-14-16(23)6-7-19(18)24/h2-9,14H,10-13H2,1H3. The van der Waals surface area contributed by atoms with E-state index in [0.29, 0.717) is 41.8 Å². The van der Waals surface area contributed by atoms with Gasteiger partial charge in [0.25, 0.3) is 5.91 Å². The molecule has 1 aromatic heterocycles. The van der Waals surface area contributed by atoms with Gasteiger partial charge in [-0.2, -0.15) is 0 Å². The summed E-state index contributed by atoms with van der Waals surface area (Å²) in [6, 6.07) is 17.1. The number of piperazine rings is 1.